The van der Waals surface area contributed by atoms with Gasteiger partial charge in [-0.1, -0.05) is 11.6 Å². The summed E-state index contributed by atoms with van der Waals surface area (Å²) in [6.07, 6.45) is 3.78. The van der Waals surface area contributed by atoms with E-state index >= 15 is 0 Å². The average molecular weight is 363 g/mol. The number of carbonyl (C=O) groups excluding carboxylic acids is 1. The molecule has 6 nitrogen and oxygen atoms in total. The van der Waals surface area contributed by atoms with Gasteiger partial charge in [0.1, 0.15) is 12.2 Å². The minimum Gasteiger partial charge on any atom is -0.342 e. The number of hydrogen-bond acceptors (Lipinski definition) is 4. The van der Waals surface area contributed by atoms with Crippen LogP contribution in [0.4, 0.5) is 0 Å². The molecule has 1 fully saturated rings. The van der Waals surface area contributed by atoms with Crippen LogP contribution in [0.5, 0.6) is 0 Å². The second kappa shape index (κ2) is 6.76. The molecule has 1 N–H and O–H groups in total. The van der Waals surface area contributed by atoms with Crippen molar-refractivity contribution < 1.29 is 4.79 Å². The highest BCUT2D eigenvalue weighted by atomic mass is 16.1. The maximum absolute atomic E-state index is 13.3. The molecule has 1 aliphatic rings. The van der Waals surface area contributed by atoms with Crippen molar-refractivity contribution in [2.24, 2.45) is 5.92 Å². The molecular weight excluding hydrogens is 338 g/mol. The topological polar surface area (TPSA) is 72.7 Å². The number of aryl methyl sites for hydroxylation is 4. The van der Waals surface area contributed by atoms with Gasteiger partial charge in [0.2, 0.25) is 0 Å². The molecule has 1 atom stereocenters. The van der Waals surface area contributed by atoms with E-state index in [2.05, 4.69) is 26.4 Å². The molecule has 2 aromatic heterocycles. The summed E-state index contributed by atoms with van der Waals surface area (Å²) in [7, 11) is 0. The number of benzene rings is 1. The molecule has 0 bridgehead atoms. The van der Waals surface area contributed by atoms with Gasteiger partial charge >= 0.3 is 0 Å². The van der Waals surface area contributed by atoms with Gasteiger partial charge in [-0.15, -0.1) is 0 Å². The van der Waals surface area contributed by atoms with Gasteiger partial charge in [-0.3, -0.25) is 9.78 Å². The van der Waals surface area contributed by atoms with Crippen molar-refractivity contribution in [1.82, 2.24) is 25.1 Å². The summed E-state index contributed by atoms with van der Waals surface area (Å²) in [4.78, 5) is 22.4. The van der Waals surface area contributed by atoms with Crippen LogP contribution in [-0.4, -0.2) is 25.7 Å². The number of hydrogen-bond donors (Lipinski definition) is 1. The van der Waals surface area contributed by atoms with Crippen molar-refractivity contribution in [2.75, 3.05) is 0 Å². The van der Waals surface area contributed by atoms with Gasteiger partial charge in [0, 0.05) is 17.6 Å². The third-order valence-electron chi connectivity index (χ3n) is 5.22. The van der Waals surface area contributed by atoms with E-state index in [0.717, 1.165) is 52.9 Å². The Morgan fingerprint density at radius 3 is 2.74 bits per heavy atom. The molecule has 3 aromatic rings. The Hall–Kier alpha value is -2.76. The summed E-state index contributed by atoms with van der Waals surface area (Å²) in [6.45, 7) is 8.80. The fourth-order valence-electron chi connectivity index (χ4n) is 3.80. The molecule has 0 spiro atoms. The molecule has 1 unspecified atom stereocenters. The fourth-order valence-corrected chi connectivity index (χ4v) is 3.80. The van der Waals surface area contributed by atoms with Crippen LogP contribution in [0.1, 0.15) is 58.8 Å². The van der Waals surface area contributed by atoms with Gasteiger partial charge in [-0.25, -0.2) is 9.67 Å². The highest BCUT2D eigenvalue weighted by Gasteiger charge is 2.36. The van der Waals surface area contributed by atoms with Crippen molar-refractivity contribution >= 4 is 16.8 Å². The predicted octanol–water partition coefficient (Wildman–Crippen LogP) is 3.65. The number of rotatable bonds is 5. The number of nitrogens with one attached hydrogen (secondary N) is 1. The van der Waals surface area contributed by atoms with Crippen molar-refractivity contribution in [3.8, 4) is 0 Å². The summed E-state index contributed by atoms with van der Waals surface area (Å²) in [5.41, 5.74) is 4.64. The molecule has 0 radical (unpaired) electrons. The van der Waals surface area contributed by atoms with E-state index in [9.17, 15) is 4.79 Å². The van der Waals surface area contributed by atoms with E-state index in [4.69, 9.17) is 0 Å². The number of fused-ring (bicyclic) bond motifs is 1. The Bertz CT molecular complexity index is 1020. The first-order chi connectivity index (χ1) is 13.0. The standard InChI is InChI=1S/C21H25N5O/c1-5-26-20(22-11-23-26)19(15-6-7-15)25-21(27)17-10-14(4)24-18-13(3)8-12(2)9-16(17)18/h8-11,15,19H,5-7H2,1-4H3,(H,25,27). The zero-order valence-electron chi connectivity index (χ0n) is 16.3. The lowest BCUT2D eigenvalue weighted by molar-refractivity contribution is 0.0930. The van der Waals surface area contributed by atoms with Crippen LogP contribution < -0.4 is 5.32 Å². The summed E-state index contributed by atoms with van der Waals surface area (Å²) in [6, 6.07) is 5.93. The van der Waals surface area contributed by atoms with Crippen LogP contribution in [0.15, 0.2) is 24.5 Å². The highest BCUT2D eigenvalue weighted by molar-refractivity contribution is 6.07. The predicted molar refractivity (Wildman–Crippen MR) is 105 cm³/mol. The maximum Gasteiger partial charge on any atom is 0.252 e. The zero-order chi connectivity index (χ0) is 19.1. The van der Waals surface area contributed by atoms with Crippen LogP contribution >= 0.6 is 0 Å². The lowest BCUT2D eigenvalue weighted by atomic mass is 10.0. The Labute approximate surface area is 159 Å². The second-order valence-corrected chi connectivity index (χ2v) is 7.51. The number of nitrogens with zero attached hydrogens (tertiary/aromatic N) is 4. The first-order valence-electron chi connectivity index (χ1n) is 9.55. The Balaban J connectivity index is 1.74. The van der Waals surface area contributed by atoms with Gasteiger partial charge in [-0.05, 0) is 64.2 Å². The molecule has 0 aliphatic heterocycles. The quantitative estimate of drug-likeness (QED) is 0.751. The van der Waals surface area contributed by atoms with Gasteiger partial charge < -0.3 is 5.32 Å². The minimum atomic E-state index is -0.102. The van der Waals surface area contributed by atoms with Crippen molar-refractivity contribution in [3.63, 3.8) is 0 Å². The first-order valence-corrected chi connectivity index (χ1v) is 9.55. The van der Waals surface area contributed by atoms with E-state index in [1.807, 2.05) is 44.5 Å². The first kappa shape index (κ1) is 17.6. The molecule has 0 saturated heterocycles. The third-order valence-corrected chi connectivity index (χ3v) is 5.22. The van der Waals surface area contributed by atoms with Crippen molar-refractivity contribution in [2.45, 2.75) is 53.1 Å². The van der Waals surface area contributed by atoms with Gasteiger partial charge in [0.25, 0.3) is 5.91 Å². The molecule has 4 rings (SSSR count). The molecule has 27 heavy (non-hydrogen) atoms. The minimum absolute atomic E-state index is 0.0712. The molecule has 1 saturated carbocycles. The maximum atomic E-state index is 13.3. The van der Waals surface area contributed by atoms with Crippen LogP contribution in [0, 0.1) is 26.7 Å². The molecule has 6 heteroatoms. The zero-order valence-corrected chi connectivity index (χ0v) is 16.3. The van der Waals surface area contributed by atoms with Crippen LogP contribution in [0.2, 0.25) is 0 Å². The normalized spacial score (nSPS) is 15.1. The Morgan fingerprint density at radius 2 is 2.04 bits per heavy atom. The van der Waals surface area contributed by atoms with Crippen LogP contribution in [0.25, 0.3) is 10.9 Å². The monoisotopic (exact) mass is 363 g/mol. The molecule has 1 aromatic carbocycles. The van der Waals surface area contributed by atoms with E-state index in [0.29, 0.717) is 11.5 Å². The Morgan fingerprint density at radius 1 is 1.26 bits per heavy atom. The lowest BCUT2D eigenvalue weighted by Gasteiger charge is -2.19. The van der Waals surface area contributed by atoms with Gasteiger partial charge in [0.05, 0.1) is 17.1 Å². The number of aromatic nitrogens is 4. The number of carbonyl (C=O) groups is 1. The second-order valence-electron chi connectivity index (χ2n) is 7.51. The van der Waals surface area contributed by atoms with Crippen molar-refractivity contribution in [1.29, 1.82) is 0 Å². The summed E-state index contributed by atoms with van der Waals surface area (Å²) >= 11 is 0. The Kier molecular flexibility index (Phi) is 4.42. The van der Waals surface area contributed by atoms with E-state index in [1.54, 1.807) is 6.33 Å². The van der Waals surface area contributed by atoms with E-state index in [-0.39, 0.29) is 11.9 Å². The molecule has 1 amide bonds. The molecule has 2 heterocycles. The smallest absolute Gasteiger partial charge is 0.252 e. The lowest BCUT2D eigenvalue weighted by Crippen LogP contribution is -2.32. The fraction of sp³-hybridized carbons (Fsp3) is 0.429. The molecular formula is C21H25N5O. The third kappa shape index (κ3) is 3.31. The summed E-state index contributed by atoms with van der Waals surface area (Å²) < 4.78 is 1.87. The van der Waals surface area contributed by atoms with Gasteiger partial charge in [0.15, 0.2) is 0 Å². The molecule has 140 valence electrons. The van der Waals surface area contributed by atoms with Crippen molar-refractivity contribution in [3.05, 3.63) is 52.7 Å². The largest absolute Gasteiger partial charge is 0.342 e. The number of amides is 1. The summed E-state index contributed by atoms with van der Waals surface area (Å²) in [5.74, 6) is 1.20. The van der Waals surface area contributed by atoms with E-state index < -0.39 is 0 Å². The number of pyridine rings is 1. The van der Waals surface area contributed by atoms with Crippen LogP contribution in [0.3, 0.4) is 0 Å². The van der Waals surface area contributed by atoms with E-state index in [1.165, 1.54) is 0 Å². The highest BCUT2D eigenvalue weighted by Crippen LogP contribution is 2.40. The SMILES string of the molecule is CCn1ncnc1C(NC(=O)c1cc(C)nc2c(C)cc(C)cc12)C1CC1. The van der Waals surface area contributed by atoms with Gasteiger partial charge in [-0.2, -0.15) is 5.10 Å². The molecule has 1 aliphatic carbocycles. The average Bonchev–Trinajstić information content (AvgIpc) is 3.36. The van der Waals surface area contributed by atoms with Crippen LogP contribution in [-0.2, 0) is 6.54 Å². The summed E-state index contributed by atoms with van der Waals surface area (Å²) in [5, 5.41) is 8.42.